The zero-order chi connectivity index (χ0) is 23.6. The number of hydrogen-bond donors (Lipinski definition) is 3. The number of aromatic amines is 1. The van der Waals surface area contributed by atoms with Gasteiger partial charge in [-0.25, -0.2) is 9.59 Å². The van der Waals surface area contributed by atoms with Crippen molar-refractivity contribution in [1.29, 1.82) is 0 Å². The van der Waals surface area contributed by atoms with Gasteiger partial charge in [-0.2, -0.15) is 0 Å². The first-order chi connectivity index (χ1) is 15.2. The molecule has 0 aliphatic rings. The predicted octanol–water partition coefficient (Wildman–Crippen LogP) is 4.47. The van der Waals surface area contributed by atoms with Crippen LogP contribution in [0.2, 0.25) is 5.02 Å². The molecule has 4 aromatic heterocycles. The van der Waals surface area contributed by atoms with Gasteiger partial charge in [-0.1, -0.05) is 11.6 Å². The highest BCUT2D eigenvalue weighted by Gasteiger charge is 2.21. The lowest BCUT2D eigenvalue weighted by atomic mass is 10.2. The molecule has 4 rings (SSSR count). The molecular formula is C22H23ClN4O5. The number of hydrogen-bond acceptors (Lipinski definition) is 6. The Hall–Kier alpha value is -3.59. The molecule has 0 atom stereocenters. The standard InChI is InChI=1S/C11H11ClN2O2.C11H12N2O3/c1-3-14-6(2)8(11(15)16)9-10(14)7(12)4-5-13-9;1-3-16-11(15)8-6(2)13-9-7(14)4-5-12-10(8)9/h4-5H,3H2,1-2H3,(H,15,16);4-5,13H,3H2,1-2H3,(H,12,14). The van der Waals surface area contributed by atoms with Gasteiger partial charge in [0, 0.05) is 36.4 Å². The number of carboxylic acids is 1. The average Bonchev–Trinajstić information content (AvgIpc) is 3.23. The second-order valence-electron chi connectivity index (χ2n) is 6.90. The minimum atomic E-state index is -0.968. The topological polar surface area (TPSA) is 130 Å². The van der Waals surface area contributed by atoms with E-state index in [0.29, 0.717) is 57.2 Å². The summed E-state index contributed by atoms with van der Waals surface area (Å²) in [5.74, 6) is -1.32. The number of ether oxygens (including phenoxy) is 1. The lowest BCUT2D eigenvalue weighted by Gasteiger charge is -2.04. The van der Waals surface area contributed by atoms with Gasteiger partial charge in [0.1, 0.15) is 33.4 Å². The summed E-state index contributed by atoms with van der Waals surface area (Å²) < 4.78 is 6.80. The normalized spacial score (nSPS) is 10.8. The molecule has 4 heterocycles. The van der Waals surface area contributed by atoms with E-state index < -0.39 is 11.9 Å². The van der Waals surface area contributed by atoms with Gasteiger partial charge in [-0.15, -0.1) is 0 Å². The average molecular weight is 459 g/mol. The molecule has 9 nitrogen and oxygen atoms in total. The van der Waals surface area contributed by atoms with Crippen molar-refractivity contribution in [3.8, 4) is 5.75 Å². The third-order valence-corrected chi connectivity index (χ3v) is 5.32. The van der Waals surface area contributed by atoms with Crippen molar-refractivity contribution in [1.82, 2.24) is 19.5 Å². The molecule has 0 spiro atoms. The summed E-state index contributed by atoms with van der Waals surface area (Å²) in [4.78, 5) is 34.0. The smallest absolute Gasteiger partial charge is 0.342 e. The number of H-pyrrole nitrogens is 1. The third kappa shape index (κ3) is 3.99. The number of carbonyl (C=O) groups excluding carboxylic acids is 1. The van der Waals surface area contributed by atoms with Crippen molar-refractivity contribution in [3.05, 3.63) is 52.1 Å². The van der Waals surface area contributed by atoms with E-state index in [1.54, 1.807) is 26.8 Å². The highest BCUT2D eigenvalue weighted by Crippen LogP contribution is 2.29. The van der Waals surface area contributed by atoms with E-state index in [2.05, 4.69) is 15.0 Å². The zero-order valence-electron chi connectivity index (χ0n) is 18.1. The zero-order valence-corrected chi connectivity index (χ0v) is 18.8. The van der Waals surface area contributed by atoms with Crippen LogP contribution in [0.25, 0.3) is 22.1 Å². The van der Waals surface area contributed by atoms with E-state index in [0.717, 1.165) is 0 Å². The van der Waals surface area contributed by atoms with E-state index in [4.69, 9.17) is 21.4 Å². The van der Waals surface area contributed by atoms with Crippen LogP contribution in [-0.2, 0) is 11.3 Å². The van der Waals surface area contributed by atoms with Crippen molar-refractivity contribution >= 4 is 45.6 Å². The van der Waals surface area contributed by atoms with Gasteiger partial charge in [0.15, 0.2) is 0 Å². The molecule has 0 radical (unpaired) electrons. The second-order valence-corrected chi connectivity index (χ2v) is 7.31. The van der Waals surface area contributed by atoms with Gasteiger partial charge in [0.2, 0.25) is 0 Å². The molecule has 0 saturated carbocycles. The number of carboxylic acid groups (broad SMARTS) is 1. The molecule has 0 unspecified atom stereocenters. The van der Waals surface area contributed by atoms with Gasteiger partial charge >= 0.3 is 11.9 Å². The number of aromatic nitrogens is 4. The molecule has 0 fully saturated rings. The van der Waals surface area contributed by atoms with E-state index in [9.17, 15) is 14.7 Å². The first kappa shape index (κ1) is 23.1. The molecule has 32 heavy (non-hydrogen) atoms. The maximum atomic E-state index is 11.7. The SMILES string of the molecule is CCOC(=O)c1c(C)[nH]c2c(O)ccnc12.CCn1c(C)c(C(=O)O)c2nccc(Cl)c21. The van der Waals surface area contributed by atoms with Crippen LogP contribution in [0, 0.1) is 13.8 Å². The summed E-state index contributed by atoms with van der Waals surface area (Å²) in [6, 6.07) is 3.13. The van der Waals surface area contributed by atoms with Gasteiger partial charge in [-0.3, -0.25) is 9.97 Å². The first-order valence-corrected chi connectivity index (χ1v) is 10.3. The number of fused-ring (bicyclic) bond motifs is 2. The number of rotatable bonds is 4. The van der Waals surface area contributed by atoms with Crippen LogP contribution >= 0.6 is 11.6 Å². The van der Waals surface area contributed by atoms with Crippen molar-refractivity contribution < 1.29 is 24.5 Å². The summed E-state index contributed by atoms with van der Waals surface area (Å²) in [6.45, 7) is 8.18. The monoisotopic (exact) mass is 458 g/mol. The number of nitrogens with one attached hydrogen (secondary N) is 1. The summed E-state index contributed by atoms with van der Waals surface area (Å²) >= 11 is 6.08. The van der Waals surface area contributed by atoms with Crippen LogP contribution in [0.5, 0.6) is 5.75 Å². The fourth-order valence-corrected chi connectivity index (χ4v) is 3.89. The number of aromatic hydroxyl groups is 1. The summed E-state index contributed by atoms with van der Waals surface area (Å²) in [7, 11) is 0. The maximum absolute atomic E-state index is 11.7. The summed E-state index contributed by atoms with van der Waals surface area (Å²) in [6.07, 6.45) is 2.98. The van der Waals surface area contributed by atoms with Gasteiger partial charge in [0.25, 0.3) is 0 Å². The number of nitrogens with zero attached hydrogens (tertiary/aromatic N) is 3. The molecule has 0 saturated heterocycles. The number of aromatic carboxylic acids is 1. The Morgan fingerprint density at radius 1 is 1.12 bits per heavy atom. The van der Waals surface area contributed by atoms with E-state index in [-0.39, 0.29) is 11.3 Å². The van der Waals surface area contributed by atoms with Crippen molar-refractivity contribution in [2.24, 2.45) is 0 Å². The van der Waals surface area contributed by atoms with Crippen LogP contribution in [-0.4, -0.2) is 48.3 Å². The fourth-order valence-electron chi connectivity index (χ4n) is 3.64. The second kappa shape index (κ2) is 9.27. The molecular weight excluding hydrogens is 436 g/mol. The lowest BCUT2D eigenvalue weighted by Crippen LogP contribution is -2.05. The largest absolute Gasteiger partial charge is 0.506 e. The molecule has 0 amide bonds. The molecule has 0 aliphatic carbocycles. The minimum absolute atomic E-state index is 0.0728. The highest BCUT2D eigenvalue weighted by molar-refractivity contribution is 6.35. The van der Waals surface area contributed by atoms with Crippen molar-refractivity contribution in [2.75, 3.05) is 6.61 Å². The van der Waals surface area contributed by atoms with E-state index >= 15 is 0 Å². The molecule has 0 aliphatic heterocycles. The van der Waals surface area contributed by atoms with Crippen molar-refractivity contribution in [3.63, 3.8) is 0 Å². The minimum Gasteiger partial charge on any atom is -0.506 e. The molecule has 0 aromatic carbocycles. The number of halogens is 1. The Morgan fingerprint density at radius 3 is 2.41 bits per heavy atom. The van der Waals surface area contributed by atoms with Crippen LogP contribution in [0.15, 0.2) is 24.5 Å². The van der Waals surface area contributed by atoms with Gasteiger partial charge in [-0.05, 0) is 33.8 Å². The summed E-state index contributed by atoms with van der Waals surface area (Å²) in [5.41, 5.74) is 4.00. The van der Waals surface area contributed by atoms with Gasteiger partial charge in [0.05, 0.1) is 17.1 Å². The summed E-state index contributed by atoms with van der Waals surface area (Å²) in [5, 5.41) is 19.3. The van der Waals surface area contributed by atoms with E-state index in [1.165, 1.54) is 18.5 Å². The quantitative estimate of drug-likeness (QED) is 0.384. The molecule has 168 valence electrons. The lowest BCUT2D eigenvalue weighted by molar-refractivity contribution is 0.0527. The number of carbonyl (C=O) groups is 2. The molecule has 10 heteroatoms. The Kier molecular flexibility index (Phi) is 6.69. The number of pyridine rings is 2. The van der Waals surface area contributed by atoms with Crippen molar-refractivity contribution in [2.45, 2.75) is 34.2 Å². The van der Waals surface area contributed by atoms with Crippen LogP contribution < -0.4 is 0 Å². The molecule has 4 aromatic rings. The predicted molar refractivity (Wildman–Crippen MR) is 121 cm³/mol. The third-order valence-electron chi connectivity index (χ3n) is 5.01. The van der Waals surface area contributed by atoms with Crippen LogP contribution in [0.3, 0.4) is 0 Å². The Labute approximate surface area is 188 Å². The van der Waals surface area contributed by atoms with Crippen LogP contribution in [0.1, 0.15) is 46.0 Å². The highest BCUT2D eigenvalue weighted by atomic mass is 35.5. The Morgan fingerprint density at radius 2 is 1.78 bits per heavy atom. The molecule has 0 bridgehead atoms. The maximum Gasteiger partial charge on any atom is 0.342 e. The number of esters is 1. The Bertz CT molecular complexity index is 1330. The van der Waals surface area contributed by atoms with E-state index in [1.807, 2.05) is 11.5 Å². The first-order valence-electron chi connectivity index (χ1n) is 9.92. The number of aryl methyl sites for hydroxylation is 2. The Balaban J connectivity index is 0.000000181. The molecule has 3 N–H and O–H groups in total. The van der Waals surface area contributed by atoms with Gasteiger partial charge < -0.3 is 24.5 Å². The fraction of sp³-hybridized carbons (Fsp3) is 0.273. The van der Waals surface area contributed by atoms with Crippen LogP contribution in [0.4, 0.5) is 0 Å².